The van der Waals surface area contributed by atoms with Gasteiger partial charge in [-0.1, -0.05) is 12.8 Å². The van der Waals surface area contributed by atoms with E-state index in [1.807, 2.05) is 24.3 Å². The molecule has 116 valence electrons. The fourth-order valence-electron chi connectivity index (χ4n) is 2.46. The van der Waals surface area contributed by atoms with Crippen LogP contribution in [0.2, 0.25) is 0 Å². The highest BCUT2D eigenvalue weighted by Gasteiger charge is 2.16. The van der Waals surface area contributed by atoms with Gasteiger partial charge in [0.15, 0.2) is 0 Å². The van der Waals surface area contributed by atoms with Gasteiger partial charge in [0.2, 0.25) is 5.91 Å². The van der Waals surface area contributed by atoms with Crippen molar-refractivity contribution in [1.29, 1.82) is 0 Å². The van der Waals surface area contributed by atoms with Crippen molar-refractivity contribution >= 4 is 5.91 Å². The topological polar surface area (TPSA) is 59.6 Å². The van der Waals surface area contributed by atoms with Gasteiger partial charge >= 0.3 is 0 Å². The number of benzene rings is 1. The Morgan fingerprint density at radius 1 is 1.19 bits per heavy atom. The van der Waals surface area contributed by atoms with Crippen LogP contribution in [0.15, 0.2) is 24.3 Å². The normalized spacial score (nSPS) is 14.9. The van der Waals surface area contributed by atoms with Gasteiger partial charge in [-0.25, -0.2) is 0 Å². The molecule has 2 rings (SSSR count). The van der Waals surface area contributed by atoms with E-state index in [0.717, 1.165) is 24.3 Å². The lowest BCUT2D eigenvalue weighted by molar-refractivity contribution is -0.120. The van der Waals surface area contributed by atoms with Crippen molar-refractivity contribution in [3.05, 3.63) is 24.3 Å². The molecule has 1 fully saturated rings. The molecular weight excluding hydrogens is 268 g/mol. The highest BCUT2D eigenvalue weighted by molar-refractivity contribution is 5.78. The molecule has 1 aliphatic rings. The second-order valence-corrected chi connectivity index (χ2v) is 5.25. The van der Waals surface area contributed by atoms with Gasteiger partial charge in [-0.15, -0.1) is 0 Å². The van der Waals surface area contributed by atoms with E-state index in [4.69, 9.17) is 9.47 Å². The van der Waals surface area contributed by atoms with Crippen molar-refractivity contribution in [2.24, 2.45) is 0 Å². The van der Waals surface area contributed by atoms with Gasteiger partial charge in [-0.2, -0.15) is 0 Å². The molecular formula is C16H24N2O3. The SMILES string of the molecule is COc1ccc(OCCNCC(=O)NC2CCCC2)cc1. The molecule has 0 radical (unpaired) electrons. The van der Waals surface area contributed by atoms with Gasteiger partial charge in [0, 0.05) is 12.6 Å². The third-order valence-electron chi connectivity index (χ3n) is 3.61. The van der Waals surface area contributed by atoms with Crippen LogP contribution in [0.5, 0.6) is 11.5 Å². The molecule has 1 aliphatic carbocycles. The Morgan fingerprint density at radius 2 is 1.86 bits per heavy atom. The maximum Gasteiger partial charge on any atom is 0.234 e. The van der Waals surface area contributed by atoms with Crippen LogP contribution in [0.3, 0.4) is 0 Å². The fourth-order valence-corrected chi connectivity index (χ4v) is 2.46. The number of carbonyl (C=O) groups is 1. The maximum absolute atomic E-state index is 11.7. The number of hydrogen-bond donors (Lipinski definition) is 2. The first-order chi connectivity index (χ1) is 10.3. The smallest absolute Gasteiger partial charge is 0.234 e. The van der Waals surface area contributed by atoms with Gasteiger partial charge in [0.25, 0.3) is 0 Å². The van der Waals surface area contributed by atoms with Gasteiger partial charge in [0.05, 0.1) is 13.7 Å². The minimum absolute atomic E-state index is 0.0753. The number of methoxy groups -OCH3 is 1. The lowest BCUT2D eigenvalue weighted by Crippen LogP contribution is -2.40. The summed E-state index contributed by atoms with van der Waals surface area (Å²) in [6.07, 6.45) is 4.70. The molecule has 0 aromatic heterocycles. The van der Waals surface area contributed by atoms with Crippen LogP contribution >= 0.6 is 0 Å². The number of nitrogens with one attached hydrogen (secondary N) is 2. The van der Waals surface area contributed by atoms with Crippen molar-refractivity contribution in [2.75, 3.05) is 26.8 Å². The van der Waals surface area contributed by atoms with E-state index in [1.54, 1.807) is 7.11 Å². The Kier molecular flexibility index (Phi) is 6.34. The molecule has 0 heterocycles. The maximum atomic E-state index is 11.7. The number of rotatable bonds is 8. The molecule has 5 nitrogen and oxygen atoms in total. The van der Waals surface area contributed by atoms with Crippen LogP contribution in [0.1, 0.15) is 25.7 Å². The molecule has 0 bridgehead atoms. The van der Waals surface area contributed by atoms with Crippen LogP contribution in [0.25, 0.3) is 0 Å². The number of amides is 1. The minimum Gasteiger partial charge on any atom is -0.497 e. The average Bonchev–Trinajstić information content (AvgIpc) is 3.00. The zero-order chi connectivity index (χ0) is 14.9. The Morgan fingerprint density at radius 3 is 2.52 bits per heavy atom. The van der Waals surface area contributed by atoms with Crippen molar-refractivity contribution in [2.45, 2.75) is 31.7 Å². The molecule has 21 heavy (non-hydrogen) atoms. The predicted octanol–water partition coefficient (Wildman–Crippen LogP) is 1.72. The Bertz CT molecular complexity index is 428. The summed E-state index contributed by atoms with van der Waals surface area (Å²) < 4.78 is 10.7. The first kappa shape index (κ1) is 15.6. The average molecular weight is 292 g/mol. The van der Waals surface area contributed by atoms with Gasteiger partial charge in [-0.05, 0) is 37.1 Å². The van der Waals surface area contributed by atoms with Crippen LogP contribution in [-0.2, 0) is 4.79 Å². The summed E-state index contributed by atoms with van der Waals surface area (Å²) in [5.74, 6) is 1.68. The standard InChI is InChI=1S/C16H24N2O3/c1-20-14-6-8-15(9-7-14)21-11-10-17-12-16(19)18-13-4-2-3-5-13/h6-9,13,17H,2-5,10-12H2,1H3,(H,18,19). The molecule has 0 atom stereocenters. The van der Waals surface area contributed by atoms with Crippen LogP contribution in [0.4, 0.5) is 0 Å². The first-order valence-electron chi connectivity index (χ1n) is 7.55. The largest absolute Gasteiger partial charge is 0.497 e. The fraction of sp³-hybridized carbons (Fsp3) is 0.562. The number of carbonyl (C=O) groups excluding carboxylic acids is 1. The zero-order valence-corrected chi connectivity index (χ0v) is 12.6. The zero-order valence-electron chi connectivity index (χ0n) is 12.6. The molecule has 0 aliphatic heterocycles. The second kappa shape index (κ2) is 8.52. The lowest BCUT2D eigenvalue weighted by atomic mass is 10.2. The van der Waals surface area contributed by atoms with Gasteiger partial charge < -0.3 is 20.1 Å². The highest BCUT2D eigenvalue weighted by atomic mass is 16.5. The molecule has 1 aromatic rings. The predicted molar refractivity (Wildman–Crippen MR) is 81.8 cm³/mol. The molecule has 5 heteroatoms. The third-order valence-corrected chi connectivity index (χ3v) is 3.61. The monoisotopic (exact) mass is 292 g/mol. The molecule has 1 saturated carbocycles. The summed E-state index contributed by atoms with van der Waals surface area (Å²) in [5.41, 5.74) is 0. The molecule has 2 N–H and O–H groups in total. The van der Waals surface area contributed by atoms with E-state index in [2.05, 4.69) is 10.6 Å². The number of ether oxygens (including phenoxy) is 2. The van der Waals surface area contributed by atoms with E-state index >= 15 is 0 Å². The molecule has 1 amide bonds. The number of hydrogen-bond acceptors (Lipinski definition) is 4. The third kappa shape index (κ3) is 5.63. The summed E-state index contributed by atoms with van der Waals surface area (Å²) in [6, 6.07) is 7.84. The Balaban J connectivity index is 1.53. The minimum atomic E-state index is 0.0753. The first-order valence-corrected chi connectivity index (χ1v) is 7.55. The van der Waals surface area contributed by atoms with Crippen molar-refractivity contribution in [1.82, 2.24) is 10.6 Å². The second-order valence-electron chi connectivity index (χ2n) is 5.25. The highest BCUT2D eigenvalue weighted by Crippen LogP contribution is 2.17. The van der Waals surface area contributed by atoms with Crippen LogP contribution in [0, 0.1) is 0 Å². The summed E-state index contributed by atoms with van der Waals surface area (Å²) in [5, 5.41) is 6.13. The van der Waals surface area contributed by atoms with Crippen molar-refractivity contribution in [3.8, 4) is 11.5 Å². The van der Waals surface area contributed by atoms with Gasteiger partial charge in [0.1, 0.15) is 18.1 Å². The molecule has 0 spiro atoms. The molecule has 1 aromatic carbocycles. The van der Waals surface area contributed by atoms with E-state index in [1.165, 1.54) is 12.8 Å². The van der Waals surface area contributed by atoms with Crippen molar-refractivity contribution in [3.63, 3.8) is 0 Å². The van der Waals surface area contributed by atoms with Gasteiger partial charge in [-0.3, -0.25) is 4.79 Å². The summed E-state index contributed by atoms with van der Waals surface area (Å²) >= 11 is 0. The summed E-state index contributed by atoms with van der Waals surface area (Å²) in [4.78, 5) is 11.7. The van der Waals surface area contributed by atoms with Crippen molar-refractivity contribution < 1.29 is 14.3 Å². The quantitative estimate of drug-likeness (QED) is 0.716. The van der Waals surface area contributed by atoms with Crippen LogP contribution in [-0.4, -0.2) is 38.8 Å². The lowest BCUT2D eigenvalue weighted by Gasteiger charge is -2.12. The summed E-state index contributed by atoms with van der Waals surface area (Å²) in [7, 11) is 1.64. The van der Waals surface area contributed by atoms with E-state index in [9.17, 15) is 4.79 Å². The van der Waals surface area contributed by atoms with E-state index in [0.29, 0.717) is 25.7 Å². The van der Waals surface area contributed by atoms with Crippen LogP contribution < -0.4 is 20.1 Å². The van der Waals surface area contributed by atoms with E-state index in [-0.39, 0.29) is 5.91 Å². The Labute approximate surface area is 126 Å². The summed E-state index contributed by atoms with van der Waals surface area (Å²) in [6.45, 7) is 1.52. The Hall–Kier alpha value is -1.75. The molecule has 0 saturated heterocycles. The molecule has 0 unspecified atom stereocenters. The van der Waals surface area contributed by atoms with E-state index < -0.39 is 0 Å².